The molecule has 4 aromatic heterocycles. The van der Waals surface area contributed by atoms with Crippen molar-refractivity contribution in [2.75, 3.05) is 0 Å². The Kier molecular flexibility index (Phi) is 14.3. The van der Waals surface area contributed by atoms with Crippen LogP contribution in [0.3, 0.4) is 0 Å². The van der Waals surface area contributed by atoms with Crippen molar-refractivity contribution in [1.29, 1.82) is 0 Å². The van der Waals surface area contributed by atoms with E-state index in [1.165, 1.54) is 0 Å². The molecule has 0 fully saturated rings. The number of pyridine rings is 2. The van der Waals surface area contributed by atoms with Crippen LogP contribution >= 0.6 is 69.6 Å². The summed E-state index contributed by atoms with van der Waals surface area (Å²) in [5, 5.41) is 18.1. The highest BCUT2D eigenvalue weighted by molar-refractivity contribution is 6.36. The summed E-state index contributed by atoms with van der Waals surface area (Å²) in [6.07, 6.45) is 6.79. The molecular formula is C46H34Cl6N8O2. The van der Waals surface area contributed by atoms with Crippen molar-refractivity contribution in [3.8, 4) is 33.9 Å². The Balaban J connectivity index is 0.000000186. The van der Waals surface area contributed by atoms with Gasteiger partial charge in [0.05, 0.1) is 32.8 Å². The molecule has 2 N–H and O–H groups in total. The van der Waals surface area contributed by atoms with Gasteiger partial charge in [0.2, 0.25) is 0 Å². The van der Waals surface area contributed by atoms with Crippen LogP contribution in [-0.4, -0.2) is 41.3 Å². The number of nitrogens with zero attached hydrogens (tertiary/aromatic N) is 6. The molecule has 2 amide bonds. The van der Waals surface area contributed by atoms with E-state index < -0.39 is 0 Å². The number of halogens is 6. The van der Waals surface area contributed by atoms with Gasteiger partial charge in [0.25, 0.3) is 11.8 Å². The molecule has 8 aromatic rings. The second-order valence-electron chi connectivity index (χ2n) is 13.8. The molecule has 0 aliphatic carbocycles. The molecule has 0 atom stereocenters. The van der Waals surface area contributed by atoms with Crippen LogP contribution in [0.4, 0.5) is 0 Å². The normalized spacial score (nSPS) is 10.8. The van der Waals surface area contributed by atoms with E-state index in [0.717, 1.165) is 44.8 Å². The number of carbonyl (C=O) groups is 2. The molecule has 62 heavy (non-hydrogen) atoms. The molecule has 0 saturated heterocycles. The van der Waals surface area contributed by atoms with Crippen LogP contribution in [0.15, 0.2) is 134 Å². The van der Waals surface area contributed by atoms with Crippen molar-refractivity contribution < 1.29 is 9.59 Å². The van der Waals surface area contributed by atoms with E-state index in [1.807, 2.05) is 62.4 Å². The molecule has 312 valence electrons. The molecule has 0 aliphatic rings. The number of carbonyl (C=O) groups excluding carboxylic acids is 2. The molecule has 16 heteroatoms. The van der Waals surface area contributed by atoms with Crippen molar-refractivity contribution in [3.63, 3.8) is 0 Å². The van der Waals surface area contributed by atoms with Gasteiger partial charge in [-0.1, -0.05) is 106 Å². The molecular weight excluding hydrogens is 909 g/mol. The summed E-state index contributed by atoms with van der Waals surface area (Å²) < 4.78 is 3.33. The lowest BCUT2D eigenvalue weighted by atomic mass is 10.1. The number of benzene rings is 4. The second-order valence-corrected chi connectivity index (χ2v) is 16.3. The Morgan fingerprint density at radius 2 is 0.887 bits per heavy atom. The maximum Gasteiger partial charge on any atom is 0.272 e. The SMILES string of the molecule is Cc1c(C(=O)NCc2cccnc2)nn(-c2ccc(Cl)cc2Cl)c1-c1ccc(Cl)cc1.Cc1c(C(=O)NCc2cccnc2)nn(-c2ccc(Cl)cc2Cl)c1-c1ccc(Cl)cc1. The first-order valence-electron chi connectivity index (χ1n) is 18.8. The molecule has 0 aliphatic heterocycles. The highest BCUT2D eigenvalue weighted by Crippen LogP contribution is 2.35. The van der Waals surface area contributed by atoms with Gasteiger partial charge in [0.15, 0.2) is 11.4 Å². The summed E-state index contributed by atoms with van der Waals surface area (Å²) in [5.41, 5.74) is 8.26. The smallest absolute Gasteiger partial charge is 0.272 e. The van der Waals surface area contributed by atoms with Crippen LogP contribution in [0.2, 0.25) is 30.1 Å². The zero-order valence-corrected chi connectivity index (χ0v) is 37.4. The standard InChI is InChI=1S/2C23H17Cl3N4O/c2*1-14-21(23(31)28-13-15-3-2-10-27-12-15)29-30(20-9-8-18(25)11-19(20)26)22(14)16-4-6-17(24)7-5-16/h2*2-12H,13H2,1H3,(H,28,31). The molecule has 4 heterocycles. The lowest BCUT2D eigenvalue weighted by Gasteiger charge is -2.11. The average molecular weight is 944 g/mol. The van der Waals surface area contributed by atoms with Crippen LogP contribution in [-0.2, 0) is 13.1 Å². The van der Waals surface area contributed by atoms with Crippen molar-refractivity contribution >= 4 is 81.4 Å². The van der Waals surface area contributed by atoms with Gasteiger partial charge < -0.3 is 10.6 Å². The van der Waals surface area contributed by atoms with Gasteiger partial charge in [-0.3, -0.25) is 19.6 Å². The van der Waals surface area contributed by atoms with Crippen LogP contribution < -0.4 is 10.6 Å². The summed E-state index contributed by atoms with van der Waals surface area (Å²) in [7, 11) is 0. The van der Waals surface area contributed by atoms with Crippen LogP contribution in [0.25, 0.3) is 33.9 Å². The van der Waals surface area contributed by atoms with Gasteiger partial charge in [0, 0.05) is 80.2 Å². The Labute approximate surface area is 387 Å². The molecule has 10 nitrogen and oxygen atoms in total. The van der Waals surface area contributed by atoms with Crippen molar-refractivity contribution in [2.24, 2.45) is 0 Å². The maximum absolute atomic E-state index is 13.0. The predicted molar refractivity (Wildman–Crippen MR) is 248 cm³/mol. The second kappa shape index (κ2) is 20.0. The van der Waals surface area contributed by atoms with Crippen molar-refractivity contribution in [3.05, 3.63) is 198 Å². The van der Waals surface area contributed by atoms with Crippen LogP contribution in [0.1, 0.15) is 43.2 Å². The van der Waals surface area contributed by atoms with Crippen LogP contribution in [0.5, 0.6) is 0 Å². The summed E-state index contributed by atoms with van der Waals surface area (Å²) in [6, 6.07) is 32.4. The monoisotopic (exact) mass is 940 g/mol. The van der Waals surface area contributed by atoms with E-state index in [4.69, 9.17) is 69.6 Å². The highest BCUT2D eigenvalue weighted by atomic mass is 35.5. The fourth-order valence-corrected chi connectivity index (χ4v) is 7.74. The van der Waals surface area contributed by atoms with E-state index >= 15 is 0 Å². The molecule has 4 aromatic carbocycles. The van der Waals surface area contributed by atoms with E-state index in [-0.39, 0.29) is 11.8 Å². The number of aromatic nitrogens is 6. The Morgan fingerprint density at radius 1 is 0.516 bits per heavy atom. The maximum atomic E-state index is 13.0. The quantitative estimate of drug-likeness (QED) is 0.141. The fourth-order valence-electron chi connectivity index (χ4n) is 6.51. The zero-order chi connectivity index (χ0) is 43.9. The first-order valence-corrected chi connectivity index (χ1v) is 21.1. The molecule has 0 bridgehead atoms. The Morgan fingerprint density at radius 3 is 1.23 bits per heavy atom. The minimum Gasteiger partial charge on any atom is -0.346 e. The van der Waals surface area contributed by atoms with Crippen LogP contribution in [0, 0.1) is 13.8 Å². The highest BCUT2D eigenvalue weighted by Gasteiger charge is 2.25. The molecule has 0 spiro atoms. The third-order valence-electron chi connectivity index (χ3n) is 9.54. The van der Waals surface area contributed by atoms with Crippen molar-refractivity contribution in [1.82, 2.24) is 40.2 Å². The van der Waals surface area contributed by atoms with E-state index in [2.05, 4.69) is 30.8 Å². The minimum absolute atomic E-state index is 0.291. The molecule has 8 rings (SSSR count). The topological polar surface area (TPSA) is 120 Å². The third-order valence-corrected chi connectivity index (χ3v) is 11.1. The zero-order valence-electron chi connectivity index (χ0n) is 32.9. The summed E-state index contributed by atoms with van der Waals surface area (Å²) in [6.45, 7) is 4.40. The lowest BCUT2D eigenvalue weighted by Crippen LogP contribution is -2.24. The Hall–Kier alpha value is -5.72. The minimum atomic E-state index is -0.291. The Bertz CT molecular complexity index is 2670. The largest absolute Gasteiger partial charge is 0.346 e. The molecule has 0 saturated carbocycles. The summed E-state index contributed by atoms with van der Waals surface area (Å²) in [4.78, 5) is 34.1. The van der Waals surface area contributed by atoms with Gasteiger partial charge in [-0.25, -0.2) is 9.36 Å². The van der Waals surface area contributed by atoms with Gasteiger partial charge in [0.1, 0.15) is 0 Å². The van der Waals surface area contributed by atoms with E-state index in [1.54, 1.807) is 94.8 Å². The number of hydrogen-bond donors (Lipinski definition) is 2. The first-order chi connectivity index (χ1) is 29.9. The van der Waals surface area contributed by atoms with Gasteiger partial charge in [-0.2, -0.15) is 10.2 Å². The van der Waals surface area contributed by atoms with E-state index in [9.17, 15) is 9.59 Å². The number of nitrogens with one attached hydrogen (secondary N) is 2. The summed E-state index contributed by atoms with van der Waals surface area (Å²) >= 11 is 37.2. The number of hydrogen-bond acceptors (Lipinski definition) is 6. The number of amides is 2. The molecule has 0 radical (unpaired) electrons. The first kappa shape index (κ1) is 44.3. The number of rotatable bonds is 10. The summed E-state index contributed by atoms with van der Waals surface area (Å²) in [5.74, 6) is -0.583. The molecule has 0 unspecified atom stereocenters. The van der Waals surface area contributed by atoms with Crippen molar-refractivity contribution in [2.45, 2.75) is 26.9 Å². The van der Waals surface area contributed by atoms with Gasteiger partial charge in [-0.05, 0) is 97.8 Å². The third kappa shape index (κ3) is 10.3. The predicted octanol–water partition coefficient (Wildman–Crippen LogP) is 12.3. The lowest BCUT2D eigenvalue weighted by molar-refractivity contribution is 0.0937. The van der Waals surface area contributed by atoms with E-state index in [0.29, 0.717) is 66.0 Å². The fraction of sp³-hybridized carbons (Fsp3) is 0.0870. The average Bonchev–Trinajstić information content (AvgIpc) is 3.79. The van der Waals surface area contributed by atoms with Gasteiger partial charge in [-0.15, -0.1) is 0 Å². The van der Waals surface area contributed by atoms with Gasteiger partial charge >= 0.3 is 0 Å².